The molecule has 0 N–H and O–H groups in total. The Morgan fingerprint density at radius 3 is 2.14 bits per heavy atom. The van der Waals surface area contributed by atoms with E-state index >= 15 is 0 Å². The SMILES string of the molecule is CC(C)(C)N(C(=O)Oc1ccccc1Br)c1ccccc1. The average Bonchev–Trinajstić information content (AvgIpc) is 2.41. The van der Waals surface area contributed by atoms with Gasteiger partial charge in [-0.25, -0.2) is 4.79 Å². The third kappa shape index (κ3) is 3.85. The molecule has 21 heavy (non-hydrogen) atoms. The molecule has 0 saturated heterocycles. The lowest BCUT2D eigenvalue weighted by molar-refractivity contribution is 0.201. The molecule has 0 aliphatic carbocycles. The molecule has 0 spiro atoms. The van der Waals surface area contributed by atoms with Gasteiger partial charge in [-0.05, 0) is 61.0 Å². The van der Waals surface area contributed by atoms with Gasteiger partial charge in [0.05, 0.1) is 4.47 Å². The van der Waals surface area contributed by atoms with Gasteiger partial charge in [-0.1, -0.05) is 30.3 Å². The smallest absolute Gasteiger partial charge is 0.409 e. The van der Waals surface area contributed by atoms with Crippen LogP contribution in [0.15, 0.2) is 59.1 Å². The summed E-state index contributed by atoms with van der Waals surface area (Å²) in [5.74, 6) is 0.507. The molecule has 0 heterocycles. The van der Waals surface area contributed by atoms with Gasteiger partial charge in [-0.2, -0.15) is 0 Å². The highest BCUT2D eigenvalue weighted by atomic mass is 79.9. The highest BCUT2D eigenvalue weighted by Crippen LogP contribution is 2.28. The summed E-state index contributed by atoms with van der Waals surface area (Å²) in [7, 11) is 0. The minimum atomic E-state index is -0.402. The molecule has 0 aromatic heterocycles. The summed E-state index contributed by atoms with van der Waals surface area (Å²) in [5.41, 5.74) is 0.418. The summed E-state index contributed by atoms with van der Waals surface area (Å²) in [6.07, 6.45) is -0.402. The summed E-state index contributed by atoms with van der Waals surface area (Å²) in [6.45, 7) is 5.92. The van der Waals surface area contributed by atoms with Crippen molar-refractivity contribution in [2.24, 2.45) is 0 Å². The Bertz CT molecular complexity index is 620. The number of nitrogens with zero attached hydrogens (tertiary/aromatic N) is 1. The Morgan fingerprint density at radius 2 is 1.57 bits per heavy atom. The van der Waals surface area contributed by atoms with E-state index in [0.29, 0.717) is 5.75 Å². The van der Waals surface area contributed by atoms with E-state index in [9.17, 15) is 4.79 Å². The molecule has 0 fully saturated rings. The van der Waals surface area contributed by atoms with E-state index in [1.165, 1.54) is 0 Å². The molecule has 0 saturated carbocycles. The number of halogens is 1. The molecule has 2 rings (SSSR count). The van der Waals surface area contributed by atoms with E-state index in [4.69, 9.17) is 4.74 Å². The van der Waals surface area contributed by atoms with Crippen LogP contribution >= 0.6 is 15.9 Å². The molecule has 0 unspecified atom stereocenters. The third-order valence-electron chi connectivity index (χ3n) is 2.90. The van der Waals surface area contributed by atoms with Crippen molar-refractivity contribution in [3.63, 3.8) is 0 Å². The summed E-state index contributed by atoms with van der Waals surface area (Å²) in [5, 5.41) is 0. The van der Waals surface area contributed by atoms with Crippen molar-refractivity contribution >= 4 is 27.7 Å². The van der Waals surface area contributed by atoms with Crippen LogP contribution in [-0.4, -0.2) is 11.6 Å². The Kier molecular flexibility index (Phi) is 4.68. The van der Waals surface area contributed by atoms with Crippen LogP contribution in [0.1, 0.15) is 20.8 Å². The minimum absolute atomic E-state index is 0.389. The monoisotopic (exact) mass is 347 g/mol. The van der Waals surface area contributed by atoms with Gasteiger partial charge in [0, 0.05) is 11.2 Å². The molecular formula is C17H18BrNO2. The van der Waals surface area contributed by atoms with E-state index < -0.39 is 6.09 Å². The van der Waals surface area contributed by atoms with Crippen LogP contribution in [0.3, 0.4) is 0 Å². The molecular weight excluding hydrogens is 330 g/mol. The molecule has 0 aliphatic heterocycles. The van der Waals surface area contributed by atoms with Crippen LogP contribution in [0, 0.1) is 0 Å². The van der Waals surface area contributed by atoms with Crippen molar-refractivity contribution < 1.29 is 9.53 Å². The second kappa shape index (κ2) is 6.31. The van der Waals surface area contributed by atoms with Crippen LogP contribution in [-0.2, 0) is 0 Å². The Morgan fingerprint density at radius 1 is 1.00 bits per heavy atom. The number of anilines is 1. The van der Waals surface area contributed by atoms with Crippen molar-refractivity contribution in [3.05, 3.63) is 59.1 Å². The fourth-order valence-electron chi connectivity index (χ4n) is 2.01. The predicted molar refractivity (Wildman–Crippen MR) is 88.8 cm³/mol. The first-order chi connectivity index (χ1) is 9.89. The Labute approximate surface area is 133 Å². The lowest BCUT2D eigenvalue weighted by Crippen LogP contribution is -2.47. The maximum atomic E-state index is 12.6. The number of para-hydroxylation sites is 2. The van der Waals surface area contributed by atoms with E-state index in [0.717, 1.165) is 10.2 Å². The second-order valence-corrected chi connectivity index (χ2v) is 6.49. The second-order valence-electron chi connectivity index (χ2n) is 5.64. The first-order valence-electron chi connectivity index (χ1n) is 6.71. The van der Waals surface area contributed by atoms with E-state index in [1.807, 2.05) is 69.3 Å². The number of hydrogen-bond donors (Lipinski definition) is 0. The summed E-state index contributed by atoms with van der Waals surface area (Å²) in [4.78, 5) is 14.2. The van der Waals surface area contributed by atoms with Crippen molar-refractivity contribution in [1.29, 1.82) is 0 Å². The Hall–Kier alpha value is -1.81. The molecule has 1 amide bonds. The highest BCUT2D eigenvalue weighted by Gasteiger charge is 2.30. The van der Waals surface area contributed by atoms with E-state index in [1.54, 1.807) is 11.0 Å². The lowest BCUT2D eigenvalue weighted by Gasteiger charge is -2.34. The summed E-state index contributed by atoms with van der Waals surface area (Å²) < 4.78 is 6.28. The zero-order valence-electron chi connectivity index (χ0n) is 12.3. The number of benzene rings is 2. The van der Waals surface area contributed by atoms with E-state index in [2.05, 4.69) is 15.9 Å². The van der Waals surface area contributed by atoms with Gasteiger partial charge >= 0.3 is 6.09 Å². The molecule has 0 bridgehead atoms. The highest BCUT2D eigenvalue weighted by molar-refractivity contribution is 9.10. The fourth-order valence-corrected chi connectivity index (χ4v) is 2.38. The number of carbonyl (C=O) groups is 1. The standard InChI is InChI=1S/C17H18BrNO2/c1-17(2,3)19(13-9-5-4-6-10-13)16(20)21-15-12-8-7-11-14(15)18/h4-12H,1-3H3. The fraction of sp³-hybridized carbons (Fsp3) is 0.235. The molecule has 110 valence electrons. The van der Waals surface area contributed by atoms with Crippen LogP contribution in [0.2, 0.25) is 0 Å². The molecule has 2 aromatic rings. The molecule has 0 radical (unpaired) electrons. The maximum Gasteiger partial charge on any atom is 0.420 e. The van der Waals surface area contributed by atoms with E-state index in [-0.39, 0.29) is 5.54 Å². The van der Waals surface area contributed by atoms with Crippen molar-refractivity contribution in [2.75, 3.05) is 4.90 Å². The maximum absolute atomic E-state index is 12.6. The minimum Gasteiger partial charge on any atom is -0.409 e. The van der Waals surface area contributed by atoms with Crippen molar-refractivity contribution in [2.45, 2.75) is 26.3 Å². The number of ether oxygens (including phenoxy) is 1. The van der Waals surface area contributed by atoms with Crippen LogP contribution in [0.25, 0.3) is 0 Å². The zero-order chi connectivity index (χ0) is 15.5. The first kappa shape index (κ1) is 15.6. The zero-order valence-corrected chi connectivity index (χ0v) is 13.9. The average molecular weight is 348 g/mol. The normalized spacial score (nSPS) is 11.0. The predicted octanol–water partition coefficient (Wildman–Crippen LogP) is 5.25. The summed E-state index contributed by atoms with van der Waals surface area (Å²) >= 11 is 3.38. The largest absolute Gasteiger partial charge is 0.420 e. The molecule has 2 aromatic carbocycles. The number of carbonyl (C=O) groups excluding carboxylic acids is 1. The summed E-state index contributed by atoms with van der Waals surface area (Å²) in [6, 6.07) is 16.8. The number of amides is 1. The van der Waals surface area contributed by atoms with Crippen LogP contribution in [0.4, 0.5) is 10.5 Å². The number of rotatable bonds is 2. The Balaban J connectivity index is 2.30. The van der Waals surface area contributed by atoms with Gasteiger partial charge in [0.2, 0.25) is 0 Å². The van der Waals surface area contributed by atoms with Gasteiger partial charge in [-0.15, -0.1) is 0 Å². The van der Waals surface area contributed by atoms with Gasteiger partial charge < -0.3 is 4.74 Å². The number of hydrogen-bond acceptors (Lipinski definition) is 2. The first-order valence-corrected chi connectivity index (χ1v) is 7.50. The lowest BCUT2D eigenvalue weighted by atomic mass is 10.1. The topological polar surface area (TPSA) is 29.5 Å². The molecule has 0 atom stereocenters. The van der Waals surface area contributed by atoms with Gasteiger partial charge in [0.25, 0.3) is 0 Å². The van der Waals surface area contributed by atoms with Crippen LogP contribution < -0.4 is 9.64 Å². The quantitative estimate of drug-likeness (QED) is 0.742. The molecule has 3 nitrogen and oxygen atoms in total. The molecule has 4 heteroatoms. The van der Waals surface area contributed by atoms with Crippen LogP contribution in [0.5, 0.6) is 5.75 Å². The van der Waals surface area contributed by atoms with Gasteiger partial charge in [-0.3, -0.25) is 4.90 Å². The van der Waals surface area contributed by atoms with Gasteiger partial charge in [0.15, 0.2) is 0 Å². The third-order valence-corrected chi connectivity index (χ3v) is 3.56. The van der Waals surface area contributed by atoms with Crippen molar-refractivity contribution in [1.82, 2.24) is 0 Å². The molecule has 0 aliphatic rings. The van der Waals surface area contributed by atoms with Crippen molar-refractivity contribution in [3.8, 4) is 5.75 Å². The van der Waals surface area contributed by atoms with Gasteiger partial charge in [0.1, 0.15) is 5.75 Å².